The molecule has 3 atom stereocenters. The van der Waals surface area contributed by atoms with Gasteiger partial charge in [0.1, 0.15) is 6.10 Å². The zero-order valence-electron chi connectivity index (χ0n) is 10.1. The van der Waals surface area contributed by atoms with Crippen molar-refractivity contribution >= 4 is 22.0 Å². The number of H-pyrrole nitrogens is 1. The molecule has 0 aromatic carbocycles. The fourth-order valence-electron chi connectivity index (χ4n) is 1.98. The second-order valence-electron chi connectivity index (χ2n) is 4.31. The summed E-state index contributed by atoms with van der Waals surface area (Å²) in [5.74, 6) is -2.62. The minimum Gasteiger partial charge on any atom is -0.394 e. The van der Waals surface area contributed by atoms with E-state index in [9.17, 15) is 19.1 Å². The molecule has 3 N–H and O–H groups in total. The number of aliphatic hydroxyl groups excluding tert-OH is 2. The van der Waals surface area contributed by atoms with Crippen molar-refractivity contribution in [3.63, 3.8) is 0 Å². The molecule has 7 nitrogen and oxygen atoms in total. The molecule has 110 valence electrons. The summed E-state index contributed by atoms with van der Waals surface area (Å²) >= 11 is 2.97. The van der Waals surface area contributed by atoms with E-state index in [0.29, 0.717) is 4.57 Å². The van der Waals surface area contributed by atoms with Gasteiger partial charge in [0.2, 0.25) is 0 Å². The third-order valence-corrected chi connectivity index (χ3v) is 3.24. The van der Waals surface area contributed by atoms with E-state index in [4.69, 9.17) is 9.84 Å². The van der Waals surface area contributed by atoms with Crippen molar-refractivity contribution in [2.75, 3.05) is 6.61 Å². The molecule has 0 radical (unpaired) electrons. The zero-order chi connectivity index (χ0) is 14.9. The normalized spacial score (nSPS) is 30.2. The molecule has 0 saturated carbocycles. The highest BCUT2D eigenvalue weighted by molar-refractivity contribution is 9.11. The number of alkyl halides is 1. The van der Waals surface area contributed by atoms with E-state index >= 15 is 0 Å². The van der Waals surface area contributed by atoms with Crippen LogP contribution in [0.15, 0.2) is 20.8 Å². The molecule has 1 aromatic rings. The molecule has 1 aliphatic rings. The van der Waals surface area contributed by atoms with Crippen LogP contribution in [0.25, 0.3) is 6.08 Å². The molecule has 1 aliphatic heterocycles. The van der Waals surface area contributed by atoms with E-state index in [1.807, 2.05) is 4.98 Å². The zero-order valence-corrected chi connectivity index (χ0v) is 11.7. The summed E-state index contributed by atoms with van der Waals surface area (Å²) in [6.07, 6.45) is -0.590. The van der Waals surface area contributed by atoms with Crippen LogP contribution in [0.4, 0.5) is 4.39 Å². The number of halogens is 2. The van der Waals surface area contributed by atoms with Crippen LogP contribution in [-0.2, 0) is 10.7 Å². The van der Waals surface area contributed by atoms with Crippen LogP contribution in [0.5, 0.6) is 0 Å². The van der Waals surface area contributed by atoms with Crippen molar-refractivity contribution in [2.24, 2.45) is 0 Å². The fourth-order valence-corrected chi connectivity index (χ4v) is 2.27. The lowest BCUT2D eigenvalue weighted by molar-refractivity contribution is -0.205. The first kappa shape index (κ1) is 15.1. The number of nitrogens with zero attached hydrogens (tertiary/aromatic N) is 1. The van der Waals surface area contributed by atoms with Crippen molar-refractivity contribution in [1.29, 1.82) is 0 Å². The average molecular weight is 351 g/mol. The van der Waals surface area contributed by atoms with Crippen LogP contribution in [0, 0.1) is 0 Å². The Morgan fingerprint density at radius 1 is 1.65 bits per heavy atom. The van der Waals surface area contributed by atoms with Gasteiger partial charge in [-0.15, -0.1) is 0 Å². The number of aliphatic hydroxyl groups is 2. The summed E-state index contributed by atoms with van der Waals surface area (Å²) in [7, 11) is 0. The third-order valence-electron chi connectivity index (χ3n) is 2.97. The first-order valence-corrected chi connectivity index (χ1v) is 6.61. The minimum absolute atomic E-state index is 0.0315. The maximum atomic E-state index is 14.7. The molecule has 0 spiro atoms. The highest BCUT2D eigenvalue weighted by Crippen LogP contribution is 2.35. The van der Waals surface area contributed by atoms with E-state index in [1.165, 1.54) is 11.1 Å². The molecule has 0 unspecified atom stereocenters. The average Bonchev–Trinajstić information content (AvgIpc) is 2.68. The summed E-state index contributed by atoms with van der Waals surface area (Å²) in [6.45, 7) is -0.584. The number of aromatic amines is 1. The Balaban J connectivity index is 2.50. The Morgan fingerprint density at radius 3 is 2.90 bits per heavy atom. The predicted molar refractivity (Wildman–Crippen MR) is 70.9 cm³/mol. The quantitative estimate of drug-likeness (QED) is 0.689. The molecule has 2 rings (SSSR count). The van der Waals surface area contributed by atoms with E-state index in [0.717, 1.165) is 6.20 Å². The van der Waals surface area contributed by atoms with Gasteiger partial charge in [-0.1, -0.05) is 15.9 Å². The van der Waals surface area contributed by atoms with Gasteiger partial charge in [-0.05, 0) is 11.1 Å². The van der Waals surface area contributed by atoms with E-state index in [1.54, 1.807) is 0 Å². The van der Waals surface area contributed by atoms with Gasteiger partial charge in [-0.3, -0.25) is 9.78 Å². The highest BCUT2D eigenvalue weighted by atomic mass is 79.9. The Kier molecular flexibility index (Phi) is 4.23. The van der Waals surface area contributed by atoms with Gasteiger partial charge in [-0.2, -0.15) is 4.39 Å². The number of hydrogen-bond acceptors (Lipinski definition) is 5. The molecule has 1 aromatic heterocycles. The van der Waals surface area contributed by atoms with Gasteiger partial charge in [0, 0.05) is 6.20 Å². The number of ether oxygens (including phenoxy) is 1. The smallest absolute Gasteiger partial charge is 0.332 e. The van der Waals surface area contributed by atoms with Crippen LogP contribution < -0.4 is 11.2 Å². The van der Waals surface area contributed by atoms with Crippen LogP contribution in [-0.4, -0.2) is 38.6 Å². The van der Waals surface area contributed by atoms with E-state index in [2.05, 4.69) is 15.9 Å². The minimum atomic E-state index is -2.62. The predicted octanol–water partition coefficient (Wildman–Crippen LogP) is -0.376. The molecular formula is C11H12BrFN2O5. The lowest BCUT2D eigenvalue weighted by Crippen LogP contribution is -2.42. The van der Waals surface area contributed by atoms with E-state index in [-0.39, 0.29) is 5.56 Å². The van der Waals surface area contributed by atoms with Crippen LogP contribution in [0.2, 0.25) is 0 Å². The Labute approximate surface area is 120 Å². The fraction of sp³-hybridized carbons (Fsp3) is 0.455. The molecule has 0 bridgehead atoms. The topological polar surface area (TPSA) is 105 Å². The SMILES string of the molecule is O=c1[nH]c(=O)n([C@@]2(F)C[C@H](O)[C@@H](CO)O2)cc1C=CBr. The first-order valence-electron chi connectivity index (χ1n) is 5.70. The van der Waals surface area contributed by atoms with Crippen molar-refractivity contribution in [3.8, 4) is 0 Å². The largest absolute Gasteiger partial charge is 0.394 e. The second-order valence-corrected chi connectivity index (χ2v) is 4.83. The number of aromatic nitrogens is 2. The Bertz CT molecular complexity index is 642. The molecule has 0 aliphatic carbocycles. The van der Waals surface area contributed by atoms with Crippen molar-refractivity contribution < 1.29 is 19.3 Å². The molecule has 1 saturated heterocycles. The van der Waals surface area contributed by atoms with Crippen molar-refractivity contribution in [2.45, 2.75) is 24.6 Å². The number of rotatable bonds is 3. The maximum Gasteiger partial charge on any atom is 0.332 e. The van der Waals surface area contributed by atoms with E-state index < -0.39 is 42.5 Å². The van der Waals surface area contributed by atoms with Crippen molar-refractivity contribution in [3.05, 3.63) is 37.6 Å². The Morgan fingerprint density at radius 2 is 2.35 bits per heavy atom. The first-order chi connectivity index (χ1) is 9.41. The standard InChI is InChI=1S/C11H12BrFN2O5/c12-2-1-6-4-15(10(19)14-9(6)18)11(13)3-7(17)8(5-16)20-11/h1-2,4,7-8,16-17H,3,5H2,(H,14,18,19)/t7-,8+,11-/m0/s1. The van der Waals surface area contributed by atoms with Crippen LogP contribution >= 0.6 is 15.9 Å². The number of hydrogen-bond donors (Lipinski definition) is 3. The monoisotopic (exact) mass is 350 g/mol. The molecule has 1 fully saturated rings. The van der Waals surface area contributed by atoms with Gasteiger partial charge < -0.3 is 14.9 Å². The van der Waals surface area contributed by atoms with Gasteiger partial charge >= 0.3 is 5.69 Å². The third kappa shape index (κ3) is 2.62. The van der Waals surface area contributed by atoms with Gasteiger partial charge in [0.15, 0.2) is 0 Å². The van der Waals surface area contributed by atoms with Crippen molar-refractivity contribution in [1.82, 2.24) is 9.55 Å². The van der Waals surface area contributed by atoms with Crippen LogP contribution in [0.1, 0.15) is 12.0 Å². The summed E-state index contributed by atoms with van der Waals surface area (Å²) in [6, 6.07) is 0. The van der Waals surface area contributed by atoms with Crippen LogP contribution in [0.3, 0.4) is 0 Å². The molecule has 9 heteroatoms. The number of nitrogens with one attached hydrogen (secondary N) is 1. The lowest BCUT2D eigenvalue weighted by atomic mass is 10.2. The van der Waals surface area contributed by atoms with Gasteiger partial charge in [-0.25, -0.2) is 9.36 Å². The maximum absolute atomic E-state index is 14.7. The molecule has 0 amide bonds. The molecule has 20 heavy (non-hydrogen) atoms. The summed E-state index contributed by atoms with van der Waals surface area (Å²) in [4.78, 5) is 26.5. The summed E-state index contributed by atoms with van der Waals surface area (Å²) in [5.41, 5.74) is -1.65. The second kappa shape index (κ2) is 5.60. The molecule has 2 heterocycles. The van der Waals surface area contributed by atoms with Gasteiger partial charge in [0.25, 0.3) is 11.5 Å². The Hall–Kier alpha value is -1.29. The van der Waals surface area contributed by atoms with Gasteiger partial charge in [0.05, 0.1) is 24.7 Å². The lowest BCUT2D eigenvalue weighted by Gasteiger charge is -2.22. The summed E-state index contributed by atoms with van der Waals surface area (Å²) in [5, 5.41) is 18.5. The molecular weight excluding hydrogens is 339 g/mol. The highest BCUT2D eigenvalue weighted by Gasteiger charge is 2.48. The summed E-state index contributed by atoms with van der Waals surface area (Å²) < 4.78 is 20.1.